The number of anilines is 1. The second-order valence-electron chi connectivity index (χ2n) is 8.38. The maximum absolute atomic E-state index is 12.2. The van der Waals surface area contributed by atoms with Gasteiger partial charge in [-0.1, -0.05) is 36.2 Å². The van der Waals surface area contributed by atoms with Crippen LogP contribution in [0.2, 0.25) is 0 Å². The Bertz CT molecular complexity index is 1100. The number of aliphatic imine (C=N–C) groups is 1. The maximum Gasteiger partial charge on any atom is 0.227 e. The molecular formula is C26H31N5O2. The summed E-state index contributed by atoms with van der Waals surface area (Å²) in [6.45, 7) is 5.82. The SMILES string of the molecule is CCNC(=NCc1cccc(NC(=O)C2CCC2)c1)NCc1coc(-c2ccc(C)cc2)n1. The van der Waals surface area contributed by atoms with Gasteiger partial charge in [-0.2, -0.15) is 0 Å². The molecule has 1 amide bonds. The van der Waals surface area contributed by atoms with Gasteiger partial charge in [0.1, 0.15) is 6.26 Å². The average molecular weight is 446 g/mol. The molecule has 1 fully saturated rings. The van der Waals surface area contributed by atoms with Crippen LogP contribution < -0.4 is 16.0 Å². The predicted octanol–water partition coefficient (Wildman–Crippen LogP) is 4.64. The van der Waals surface area contributed by atoms with E-state index in [0.29, 0.717) is 24.9 Å². The molecular weight excluding hydrogens is 414 g/mol. The number of carbonyl (C=O) groups is 1. The average Bonchev–Trinajstić information content (AvgIpc) is 3.24. The molecule has 3 aromatic rings. The zero-order chi connectivity index (χ0) is 23.0. The number of carbonyl (C=O) groups excluding carboxylic acids is 1. The highest BCUT2D eigenvalue weighted by molar-refractivity contribution is 5.93. The molecule has 0 bridgehead atoms. The molecule has 2 aromatic carbocycles. The van der Waals surface area contributed by atoms with E-state index in [1.807, 2.05) is 55.5 Å². The molecule has 1 aliphatic rings. The van der Waals surface area contributed by atoms with Crippen molar-refractivity contribution in [2.24, 2.45) is 10.9 Å². The van der Waals surface area contributed by atoms with Crippen LogP contribution in [-0.4, -0.2) is 23.4 Å². The lowest BCUT2D eigenvalue weighted by Crippen LogP contribution is -2.36. The fourth-order valence-electron chi connectivity index (χ4n) is 3.57. The highest BCUT2D eigenvalue weighted by Crippen LogP contribution is 2.27. The second kappa shape index (κ2) is 10.8. The first kappa shape index (κ1) is 22.6. The summed E-state index contributed by atoms with van der Waals surface area (Å²) in [6.07, 6.45) is 4.80. The van der Waals surface area contributed by atoms with Crippen molar-refractivity contribution in [3.63, 3.8) is 0 Å². The van der Waals surface area contributed by atoms with E-state index in [2.05, 4.69) is 32.9 Å². The lowest BCUT2D eigenvalue weighted by Gasteiger charge is -2.24. The van der Waals surface area contributed by atoms with Gasteiger partial charge in [-0.3, -0.25) is 4.79 Å². The smallest absolute Gasteiger partial charge is 0.227 e. The van der Waals surface area contributed by atoms with Crippen LogP contribution in [0.4, 0.5) is 5.69 Å². The van der Waals surface area contributed by atoms with Gasteiger partial charge in [-0.25, -0.2) is 9.98 Å². The minimum atomic E-state index is 0.120. The van der Waals surface area contributed by atoms with Gasteiger partial charge in [0, 0.05) is 23.7 Å². The Labute approximate surface area is 194 Å². The van der Waals surface area contributed by atoms with Crippen molar-refractivity contribution in [2.45, 2.75) is 46.2 Å². The van der Waals surface area contributed by atoms with Crippen molar-refractivity contribution in [1.82, 2.24) is 15.6 Å². The number of nitrogens with one attached hydrogen (secondary N) is 3. The first-order chi connectivity index (χ1) is 16.1. The first-order valence-corrected chi connectivity index (χ1v) is 11.5. The fourth-order valence-corrected chi connectivity index (χ4v) is 3.57. The largest absolute Gasteiger partial charge is 0.444 e. The molecule has 0 unspecified atom stereocenters. The Morgan fingerprint density at radius 2 is 1.97 bits per heavy atom. The molecule has 0 radical (unpaired) electrons. The molecule has 0 aliphatic heterocycles. The highest BCUT2D eigenvalue weighted by Gasteiger charge is 2.25. The lowest BCUT2D eigenvalue weighted by atomic mass is 9.85. The number of guanidine groups is 1. The van der Waals surface area contributed by atoms with Crippen molar-refractivity contribution >= 4 is 17.6 Å². The Hall–Kier alpha value is -3.61. The molecule has 1 saturated carbocycles. The molecule has 4 rings (SSSR count). The minimum absolute atomic E-state index is 0.120. The number of aromatic nitrogens is 1. The second-order valence-corrected chi connectivity index (χ2v) is 8.38. The van der Waals surface area contributed by atoms with E-state index in [4.69, 9.17) is 4.42 Å². The van der Waals surface area contributed by atoms with E-state index < -0.39 is 0 Å². The van der Waals surface area contributed by atoms with Crippen LogP contribution in [0.5, 0.6) is 0 Å². The third kappa shape index (κ3) is 6.22. The first-order valence-electron chi connectivity index (χ1n) is 11.5. The van der Waals surface area contributed by atoms with Crippen LogP contribution in [-0.2, 0) is 17.9 Å². The van der Waals surface area contributed by atoms with E-state index in [1.165, 1.54) is 5.56 Å². The Morgan fingerprint density at radius 1 is 1.15 bits per heavy atom. The van der Waals surface area contributed by atoms with E-state index in [9.17, 15) is 4.79 Å². The van der Waals surface area contributed by atoms with Crippen molar-refractivity contribution in [3.05, 3.63) is 71.6 Å². The number of nitrogens with zero attached hydrogens (tertiary/aromatic N) is 2. The van der Waals surface area contributed by atoms with Crippen LogP contribution >= 0.6 is 0 Å². The van der Waals surface area contributed by atoms with E-state index in [0.717, 1.165) is 48.3 Å². The molecule has 1 heterocycles. The van der Waals surface area contributed by atoms with Gasteiger partial charge >= 0.3 is 0 Å². The molecule has 33 heavy (non-hydrogen) atoms. The Morgan fingerprint density at radius 3 is 2.70 bits per heavy atom. The summed E-state index contributed by atoms with van der Waals surface area (Å²) in [5, 5.41) is 9.59. The predicted molar refractivity (Wildman–Crippen MR) is 131 cm³/mol. The monoisotopic (exact) mass is 445 g/mol. The van der Waals surface area contributed by atoms with Crippen LogP contribution in [0.15, 0.2) is 64.2 Å². The number of oxazole rings is 1. The highest BCUT2D eigenvalue weighted by atomic mass is 16.3. The molecule has 7 nitrogen and oxygen atoms in total. The minimum Gasteiger partial charge on any atom is -0.444 e. The number of amides is 1. The Kier molecular flexibility index (Phi) is 7.40. The molecule has 172 valence electrons. The number of benzene rings is 2. The topological polar surface area (TPSA) is 91.5 Å². The fraction of sp³-hybridized carbons (Fsp3) is 0.346. The standard InChI is InChI=1S/C26H31N5O2/c1-3-27-26(29-16-23-17-33-25(31-23)21-12-10-18(2)11-13-21)28-15-19-6-4-9-22(14-19)30-24(32)20-7-5-8-20/h4,6,9-14,17,20H,3,5,7-8,15-16H2,1-2H3,(H,30,32)(H2,27,28,29). The zero-order valence-electron chi connectivity index (χ0n) is 19.2. The molecule has 3 N–H and O–H groups in total. The summed E-state index contributed by atoms with van der Waals surface area (Å²) < 4.78 is 5.64. The number of hydrogen-bond donors (Lipinski definition) is 3. The molecule has 7 heteroatoms. The molecule has 1 aliphatic carbocycles. The lowest BCUT2D eigenvalue weighted by molar-refractivity contribution is -0.122. The number of aryl methyl sites for hydroxylation is 1. The van der Waals surface area contributed by atoms with Crippen LogP contribution in [0, 0.1) is 12.8 Å². The van der Waals surface area contributed by atoms with E-state index >= 15 is 0 Å². The summed E-state index contributed by atoms with van der Waals surface area (Å²) >= 11 is 0. The summed E-state index contributed by atoms with van der Waals surface area (Å²) in [7, 11) is 0. The molecule has 1 aromatic heterocycles. The van der Waals surface area contributed by atoms with Gasteiger partial charge in [0.15, 0.2) is 5.96 Å². The van der Waals surface area contributed by atoms with Crippen LogP contribution in [0.3, 0.4) is 0 Å². The summed E-state index contributed by atoms with van der Waals surface area (Å²) in [6, 6.07) is 16.0. The molecule has 0 saturated heterocycles. The van der Waals surface area contributed by atoms with Crippen molar-refractivity contribution in [1.29, 1.82) is 0 Å². The molecule has 0 atom stereocenters. The summed E-state index contributed by atoms with van der Waals surface area (Å²) in [4.78, 5) is 21.5. The Balaban J connectivity index is 1.34. The van der Waals surface area contributed by atoms with Crippen molar-refractivity contribution < 1.29 is 9.21 Å². The summed E-state index contributed by atoms with van der Waals surface area (Å²) in [5.41, 5.74) is 4.81. The van der Waals surface area contributed by atoms with Crippen molar-refractivity contribution in [2.75, 3.05) is 11.9 Å². The van der Waals surface area contributed by atoms with Gasteiger partial charge in [0.2, 0.25) is 11.8 Å². The van der Waals surface area contributed by atoms with E-state index in [-0.39, 0.29) is 11.8 Å². The normalized spacial score (nSPS) is 13.9. The van der Waals surface area contributed by atoms with Crippen LogP contribution in [0.1, 0.15) is 43.0 Å². The third-order valence-corrected chi connectivity index (χ3v) is 5.72. The summed E-state index contributed by atoms with van der Waals surface area (Å²) in [5.74, 6) is 1.59. The number of rotatable bonds is 8. The van der Waals surface area contributed by atoms with Crippen LogP contribution in [0.25, 0.3) is 11.5 Å². The van der Waals surface area contributed by atoms with Gasteiger partial charge in [0.25, 0.3) is 0 Å². The van der Waals surface area contributed by atoms with Gasteiger partial charge < -0.3 is 20.4 Å². The molecule has 0 spiro atoms. The van der Waals surface area contributed by atoms with Gasteiger partial charge in [-0.05, 0) is 56.5 Å². The maximum atomic E-state index is 12.2. The number of hydrogen-bond acceptors (Lipinski definition) is 4. The van der Waals surface area contributed by atoms with Crippen molar-refractivity contribution in [3.8, 4) is 11.5 Å². The quantitative estimate of drug-likeness (QED) is 0.347. The zero-order valence-corrected chi connectivity index (χ0v) is 19.2. The third-order valence-electron chi connectivity index (χ3n) is 5.72. The van der Waals surface area contributed by atoms with E-state index in [1.54, 1.807) is 6.26 Å². The van der Waals surface area contributed by atoms with Gasteiger partial charge in [0.05, 0.1) is 18.8 Å². The van der Waals surface area contributed by atoms with Gasteiger partial charge in [-0.15, -0.1) is 0 Å².